The first-order chi connectivity index (χ1) is 9.99. The summed E-state index contributed by atoms with van der Waals surface area (Å²) in [7, 11) is -3.17. The van der Waals surface area contributed by atoms with Crippen molar-refractivity contribution in [3.63, 3.8) is 0 Å². The molecule has 1 heterocycles. The standard InChI is InChI=1S/C15H19NO4S/c1-3-16-9-12-8-14(19-10-12)11-20-13-4-6-15(7-5-13)21(2,17)18/h4-8,10,16H,3,9,11H2,1-2H3. The van der Waals surface area contributed by atoms with Gasteiger partial charge in [0.25, 0.3) is 0 Å². The third-order valence-electron chi connectivity index (χ3n) is 2.92. The summed E-state index contributed by atoms with van der Waals surface area (Å²) >= 11 is 0. The Morgan fingerprint density at radius 3 is 2.57 bits per heavy atom. The number of nitrogens with one attached hydrogen (secondary N) is 1. The molecule has 0 unspecified atom stereocenters. The first kappa shape index (κ1) is 15.6. The van der Waals surface area contributed by atoms with Crippen LogP contribution in [0, 0.1) is 0 Å². The van der Waals surface area contributed by atoms with Crippen molar-refractivity contribution < 1.29 is 17.6 Å². The number of furan rings is 1. The van der Waals surface area contributed by atoms with Crippen LogP contribution in [-0.2, 0) is 23.0 Å². The van der Waals surface area contributed by atoms with Gasteiger partial charge in [0.15, 0.2) is 9.84 Å². The molecule has 0 bridgehead atoms. The smallest absolute Gasteiger partial charge is 0.175 e. The van der Waals surface area contributed by atoms with E-state index in [9.17, 15) is 8.42 Å². The van der Waals surface area contributed by atoms with Gasteiger partial charge in [0.05, 0.1) is 11.2 Å². The molecule has 5 nitrogen and oxygen atoms in total. The topological polar surface area (TPSA) is 68.5 Å². The molecule has 1 aromatic heterocycles. The zero-order chi connectivity index (χ0) is 15.3. The van der Waals surface area contributed by atoms with Crippen molar-refractivity contribution in [3.05, 3.63) is 47.9 Å². The van der Waals surface area contributed by atoms with Crippen molar-refractivity contribution in [1.29, 1.82) is 0 Å². The lowest BCUT2D eigenvalue weighted by atomic mass is 10.3. The Balaban J connectivity index is 1.92. The fourth-order valence-corrected chi connectivity index (χ4v) is 2.43. The molecule has 114 valence electrons. The van der Waals surface area contributed by atoms with E-state index in [1.54, 1.807) is 18.4 Å². The maximum absolute atomic E-state index is 11.4. The predicted molar refractivity (Wildman–Crippen MR) is 80.0 cm³/mol. The molecule has 6 heteroatoms. The number of hydrogen-bond acceptors (Lipinski definition) is 5. The van der Waals surface area contributed by atoms with Crippen LogP contribution < -0.4 is 10.1 Å². The van der Waals surface area contributed by atoms with Crippen molar-refractivity contribution in [2.45, 2.75) is 25.0 Å². The van der Waals surface area contributed by atoms with Gasteiger partial charge in [-0.25, -0.2) is 8.42 Å². The molecule has 0 spiro atoms. The van der Waals surface area contributed by atoms with Gasteiger partial charge in [-0.1, -0.05) is 6.92 Å². The molecule has 0 aliphatic heterocycles. The second kappa shape index (κ2) is 6.78. The molecule has 0 aliphatic carbocycles. The molecule has 0 atom stereocenters. The largest absolute Gasteiger partial charge is 0.486 e. The van der Waals surface area contributed by atoms with Crippen molar-refractivity contribution >= 4 is 9.84 Å². The van der Waals surface area contributed by atoms with E-state index in [0.29, 0.717) is 12.4 Å². The molecular formula is C15H19NO4S. The van der Waals surface area contributed by atoms with Gasteiger partial charge in [-0.2, -0.15) is 0 Å². The zero-order valence-electron chi connectivity index (χ0n) is 12.1. The molecule has 2 aromatic rings. The number of rotatable bonds is 7. The molecule has 2 rings (SSSR count). The Hall–Kier alpha value is -1.79. The molecule has 1 N–H and O–H groups in total. The van der Waals surface area contributed by atoms with Crippen LogP contribution in [0.3, 0.4) is 0 Å². The summed E-state index contributed by atoms with van der Waals surface area (Å²) < 4.78 is 33.7. The van der Waals surface area contributed by atoms with Crippen LogP contribution in [0.4, 0.5) is 0 Å². The summed E-state index contributed by atoms with van der Waals surface area (Å²) in [5.41, 5.74) is 1.07. The van der Waals surface area contributed by atoms with Gasteiger partial charge in [-0.15, -0.1) is 0 Å². The van der Waals surface area contributed by atoms with E-state index in [1.165, 1.54) is 18.4 Å². The Kier molecular flexibility index (Phi) is 5.03. The van der Waals surface area contributed by atoms with E-state index in [1.807, 2.05) is 13.0 Å². The maximum atomic E-state index is 11.4. The number of ether oxygens (including phenoxy) is 1. The van der Waals surface area contributed by atoms with E-state index < -0.39 is 9.84 Å². The van der Waals surface area contributed by atoms with E-state index in [0.717, 1.165) is 24.4 Å². The maximum Gasteiger partial charge on any atom is 0.175 e. The first-order valence-corrected chi connectivity index (χ1v) is 8.58. The van der Waals surface area contributed by atoms with Gasteiger partial charge in [0.1, 0.15) is 18.1 Å². The fourth-order valence-electron chi connectivity index (χ4n) is 1.80. The molecule has 0 radical (unpaired) electrons. The minimum absolute atomic E-state index is 0.278. The minimum atomic E-state index is -3.17. The Morgan fingerprint density at radius 1 is 1.24 bits per heavy atom. The van der Waals surface area contributed by atoms with Crippen LogP contribution in [0.25, 0.3) is 0 Å². The lowest BCUT2D eigenvalue weighted by Gasteiger charge is -2.05. The van der Waals surface area contributed by atoms with Gasteiger partial charge in [0.2, 0.25) is 0 Å². The van der Waals surface area contributed by atoms with Crippen LogP contribution in [0.1, 0.15) is 18.2 Å². The molecule has 0 saturated carbocycles. The highest BCUT2D eigenvalue weighted by Crippen LogP contribution is 2.17. The van der Waals surface area contributed by atoms with E-state index in [-0.39, 0.29) is 4.90 Å². The van der Waals surface area contributed by atoms with Crippen molar-refractivity contribution in [3.8, 4) is 5.75 Å². The number of benzene rings is 1. The Morgan fingerprint density at radius 2 is 1.95 bits per heavy atom. The van der Waals surface area contributed by atoms with Gasteiger partial charge < -0.3 is 14.5 Å². The molecule has 1 aromatic carbocycles. The highest BCUT2D eigenvalue weighted by atomic mass is 32.2. The number of sulfone groups is 1. The normalized spacial score (nSPS) is 11.5. The molecule has 0 saturated heterocycles. The average Bonchev–Trinajstić information content (AvgIpc) is 2.90. The third-order valence-corrected chi connectivity index (χ3v) is 4.05. The second-order valence-electron chi connectivity index (χ2n) is 4.73. The SMILES string of the molecule is CCNCc1coc(COc2ccc(S(C)(=O)=O)cc2)c1. The summed E-state index contributed by atoms with van der Waals surface area (Å²) in [6.45, 7) is 4.03. The number of hydrogen-bond donors (Lipinski definition) is 1. The van der Waals surface area contributed by atoms with Gasteiger partial charge in [-0.3, -0.25) is 0 Å². The van der Waals surface area contributed by atoms with Crippen molar-refractivity contribution in [1.82, 2.24) is 5.32 Å². The monoisotopic (exact) mass is 309 g/mol. The Bertz CT molecular complexity index is 674. The summed E-state index contributed by atoms with van der Waals surface area (Å²) in [4.78, 5) is 0.278. The minimum Gasteiger partial charge on any atom is -0.486 e. The highest BCUT2D eigenvalue weighted by molar-refractivity contribution is 7.90. The molecule has 0 amide bonds. The van der Waals surface area contributed by atoms with Crippen molar-refractivity contribution in [2.75, 3.05) is 12.8 Å². The lowest BCUT2D eigenvalue weighted by Crippen LogP contribution is -2.10. The summed E-state index contributed by atoms with van der Waals surface area (Å²) in [6.07, 6.45) is 2.88. The van der Waals surface area contributed by atoms with Crippen LogP contribution in [-0.4, -0.2) is 21.2 Å². The summed E-state index contributed by atoms with van der Waals surface area (Å²) in [5, 5.41) is 3.21. The molecule has 21 heavy (non-hydrogen) atoms. The summed E-state index contributed by atoms with van der Waals surface area (Å²) in [5.74, 6) is 1.34. The van der Waals surface area contributed by atoms with Crippen LogP contribution in [0.5, 0.6) is 5.75 Å². The first-order valence-electron chi connectivity index (χ1n) is 6.69. The van der Waals surface area contributed by atoms with E-state index >= 15 is 0 Å². The van der Waals surface area contributed by atoms with Gasteiger partial charge in [0, 0.05) is 18.4 Å². The second-order valence-corrected chi connectivity index (χ2v) is 6.75. The Labute approximate surface area is 124 Å². The fraction of sp³-hybridized carbons (Fsp3) is 0.333. The highest BCUT2D eigenvalue weighted by Gasteiger charge is 2.07. The lowest BCUT2D eigenvalue weighted by molar-refractivity contribution is 0.270. The summed E-state index contributed by atoms with van der Waals surface area (Å²) in [6, 6.07) is 8.28. The molecular weight excluding hydrogens is 290 g/mol. The predicted octanol–water partition coefficient (Wildman–Crippen LogP) is 2.37. The third kappa shape index (κ3) is 4.61. The van der Waals surface area contributed by atoms with Crippen LogP contribution >= 0.6 is 0 Å². The zero-order valence-corrected chi connectivity index (χ0v) is 12.9. The molecule has 0 aliphatic rings. The van der Waals surface area contributed by atoms with E-state index in [4.69, 9.17) is 9.15 Å². The quantitative estimate of drug-likeness (QED) is 0.850. The van der Waals surface area contributed by atoms with Crippen LogP contribution in [0.15, 0.2) is 45.9 Å². The van der Waals surface area contributed by atoms with Gasteiger partial charge in [-0.05, 0) is 36.9 Å². The van der Waals surface area contributed by atoms with Gasteiger partial charge >= 0.3 is 0 Å². The van der Waals surface area contributed by atoms with Crippen LogP contribution in [0.2, 0.25) is 0 Å². The van der Waals surface area contributed by atoms with E-state index in [2.05, 4.69) is 5.32 Å². The molecule has 0 fully saturated rings. The van der Waals surface area contributed by atoms with Crippen molar-refractivity contribution in [2.24, 2.45) is 0 Å². The average molecular weight is 309 g/mol.